The molecule has 0 spiro atoms. The Bertz CT molecular complexity index is 1560. The molecule has 2 aromatic carbocycles. The van der Waals surface area contributed by atoms with Gasteiger partial charge in [0.25, 0.3) is 0 Å². The molecule has 5 rings (SSSR count). The van der Waals surface area contributed by atoms with Crippen molar-refractivity contribution in [3.8, 4) is 28.5 Å². The van der Waals surface area contributed by atoms with E-state index in [-0.39, 0.29) is 6.54 Å². The number of nitrogen functional groups attached to an aromatic ring is 1. The number of anilines is 1. The number of halogens is 1. The lowest BCUT2D eigenvalue weighted by molar-refractivity contribution is 0.0590. The highest BCUT2D eigenvalue weighted by Crippen LogP contribution is 2.33. The first kappa shape index (κ1) is 24.6. The van der Waals surface area contributed by atoms with Gasteiger partial charge in [0.15, 0.2) is 5.65 Å². The number of fused-ring (bicyclic) bond motifs is 1. The van der Waals surface area contributed by atoms with Crippen LogP contribution in [0.25, 0.3) is 22.3 Å². The molecule has 0 saturated carbocycles. The molecular formula is C26H25FN6O3S. The lowest BCUT2D eigenvalue weighted by atomic mass is 10.1. The van der Waals surface area contributed by atoms with Crippen molar-refractivity contribution in [2.24, 2.45) is 0 Å². The summed E-state index contributed by atoms with van der Waals surface area (Å²) in [7, 11) is 0. The molecular weight excluding hydrogens is 495 g/mol. The van der Waals surface area contributed by atoms with Gasteiger partial charge in [-0.3, -0.25) is 0 Å². The minimum atomic E-state index is -0.999. The van der Waals surface area contributed by atoms with Gasteiger partial charge < -0.3 is 20.3 Å². The number of ether oxygens (including phenoxy) is 2. The molecule has 3 N–H and O–H groups in total. The van der Waals surface area contributed by atoms with Crippen molar-refractivity contribution in [3.05, 3.63) is 70.7 Å². The summed E-state index contributed by atoms with van der Waals surface area (Å²) in [5, 5.41) is 16.5. The van der Waals surface area contributed by atoms with Crippen LogP contribution in [0.5, 0.6) is 17.2 Å². The van der Waals surface area contributed by atoms with E-state index in [0.717, 1.165) is 15.4 Å². The second kappa shape index (κ2) is 9.75. The molecule has 0 bridgehead atoms. The number of aromatic nitrogens is 5. The third-order valence-electron chi connectivity index (χ3n) is 5.35. The molecule has 0 saturated heterocycles. The second-order valence-electron chi connectivity index (χ2n) is 9.16. The first-order valence-corrected chi connectivity index (χ1v) is 12.3. The van der Waals surface area contributed by atoms with Crippen molar-refractivity contribution in [2.45, 2.75) is 39.5 Å². The number of aryl methyl sites for hydroxylation is 1. The van der Waals surface area contributed by atoms with Crippen LogP contribution in [-0.2, 0) is 13.2 Å². The van der Waals surface area contributed by atoms with Gasteiger partial charge in [0, 0.05) is 30.0 Å². The van der Waals surface area contributed by atoms with Crippen molar-refractivity contribution in [3.63, 3.8) is 0 Å². The van der Waals surface area contributed by atoms with Crippen LogP contribution in [0.4, 0.5) is 10.2 Å². The molecule has 3 aromatic heterocycles. The van der Waals surface area contributed by atoms with Gasteiger partial charge in [0.05, 0.1) is 27.4 Å². The molecule has 11 heteroatoms. The summed E-state index contributed by atoms with van der Waals surface area (Å²) in [6.07, 6.45) is 3.12. The third-order valence-corrected chi connectivity index (χ3v) is 6.24. The quantitative estimate of drug-likeness (QED) is 0.289. The fourth-order valence-electron chi connectivity index (χ4n) is 3.83. The highest BCUT2D eigenvalue weighted by molar-refractivity contribution is 7.11. The maximum Gasteiger partial charge on any atom is 0.164 e. The Morgan fingerprint density at radius 2 is 1.81 bits per heavy atom. The summed E-state index contributed by atoms with van der Waals surface area (Å²) in [6, 6.07) is 11.4. The van der Waals surface area contributed by atoms with Crippen LogP contribution < -0.4 is 15.2 Å². The van der Waals surface area contributed by atoms with Crippen LogP contribution in [-0.4, -0.2) is 35.4 Å². The Morgan fingerprint density at radius 3 is 2.51 bits per heavy atom. The smallest absolute Gasteiger partial charge is 0.164 e. The van der Waals surface area contributed by atoms with E-state index in [1.54, 1.807) is 42.9 Å². The number of nitrogens with zero attached hydrogens (tertiary/aromatic N) is 5. The minimum Gasteiger partial charge on any atom is -0.488 e. The normalized spacial score (nSPS) is 11.7. The van der Waals surface area contributed by atoms with Crippen molar-refractivity contribution in [1.29, 1.82) is 0 Å². The molecule has 0 aliphatic carbocycles. The lowest BCUT2D eigenvalue weighted by Crippen LogP contribution is -2.26. The Balaban J connectivity index is 1.37. The first-order valence-electron chi connectivity index (χ1n) is 11.5. The summed E-state index contributed by atoms with van der Waals surface area (Å²) in [5.74, 6) is 0.993. The highest BCUT2D eigenvalue weighted by Gasteiger charge is 2.21. The maximum atomic E-state index is 14.2. The zero-order chi connectivity index (χ0) is 26.2. The number of hydrogen-bond acceptors (Lipinski definition) is 9. The standard InChI is InChI=1S/C26H25FN6O3S/c1-15-29-11-21(37-15)12-35-19-8-17(27)9-20(10-19)36-18-6-4-16(5-7-18)23-22-24(28)30-14-31-25(22)33(32-23)13-26(2,3)34/h4-11,14,34H,12-13H2,1-3H3,(H2,28,30,31). The molecule has 0 unspecified atom stereocenters. The molecule has 0 radical (unpaired) electrons. The molecule has 0 aliphatic rings. The van der Waals surface area contributed by atoms with Crippen LogP contribution in [0.2, 0.25) is 0 Å². The van der Waals surface area contributed by atoms with E-state index in [9.17, 15) is 9.50 Å². The summed E-state index contributed by atoms with van der Waals surface area (Å²) in [6.45, 7) is 5.83. The zero-order valence-electron chi connectivity index (χ0n) is 20.5. The SMILES string of the molecule is Cc1ncc(COc2cc(F)cc(Oc3ccc(-c4nn(CC(C)(C)O)c5ncnc(N)c45)cc3)c2)s1. The van der Waals surface area contributed by atoms with E-state index in [4.69, 9.17) is 15.2 Å². The molecule has 9 nitrogen and oxygen atoms in total. The molecule has 0 aliphatic heterocycles. The summed E-state index contributed by atoms with van der Waals surface area (Å²) >= 11 is 1.53. The van der Waals surface area contributed by atoms with Gasteiger partial charge in [-0.1, -0.05) is 0 Å². The van der Waals surface area contributed by atoms with Crippen LogP contribution in [0.15, 0.2) is 55.0 Å². The summed E-state index contributed by atoms with van der Waals surface area (Å²) < 4.78 is 27.5. The van der Waals surface area contributed by atoms with Crippen molar-refractivity contribution >= 4 is 28.2 Å². The average molecular weight is 521 g/mol. The molecule has 3 heterocycles. The van der Waals surface area contributed by atoms with Gasteiger partial charge in [-0.2, -0.15) is 5.10 Å². The molecule has 0 fully saturated rings. The van der Waals surface area contributed by atoms with E-state index < -0.39 is 11.4 Å². The van der Waals surface area contributed by atoms with Gasteiger partial charge in [-0.15, -0.1) is 11.3 Å². The lowest BCUT2D eigenvalue weighted by Gasteiger charge is -2.16. The van der Waals surface area contributed by atoms with Gasteiger partial charge in [0.2, 0.25) is 0 Å². The van der Waals surface area contributed by atoms with Gasteiger partial charge >= 0.3 is 0 Å². The minimum absolute atomic E-state index is 0.230. The van der Waals surface area contributed by atoms with E-state index in [0.29, 0.717) is 46.4 Å². The first-order chi connectivity index (χ1) is 17.6. The Kier molecular flexibility index (Phi) is 6.48. The second-order valence-corrected chi connectivity index (χ2v) is 10.5. The Morgan fingerprint density at radius 1 is 1.05 bits per heavy atom. The van der Waals surface area contributed by atoms with E-state index >= 15 is 0 Å². The topological polar surface area (TPSA) is 121 Å². The number of hydrogen-bond donors (Lipinski definition) is 2. The number of rotatable bonds is 8. The van der Waals surface area contributed by atoms with Crippen molar-refractivity contribution in [2.75, 3.05) is 5.73 Å². The van der Waals surface area contributed by atoms with E-state index in [2.05, 4.69) is 20.1 Å². The summed E-state index contributed by atoms with van der Waals surface area (Å²) in [5.41, 5.74) is 7.03. The number of nitrogens with two attached hydrogens (primary N) is 1. The highest BCUT2D eigenvalue weighted by atomic mass is 32.1. The molecule has 37 heavy (non-hydrogen) atoms. The average Bonchev–Trinajstić information content (AvgIpc) is 3.41. The number of benzene rings is 2. The van der Waals surface area contributed by atoms with Crippen LogP contribution in [0.1, 0.15) is 23.7 Å². The van der Waals surface area contributed by atoms with Gasteiger partial charge in [-0.05, 0) is 45.0 Å². The Hall–Kier alpha value is -4.09. The molecule has 0 atom stereocenters. The summed E-state index contributed by atoms with van der Waals surface area (Å²) in [4.78, 5) is 13.6. The zero-order valence-corrected chi connectivity index (χ0v) is 21.3. The molecule has 5 aromatic rings. The predicted octanol–water partition coefficient (Wildman–Crippen LogP) is 5.12. The van der Waals surface area contributed by atoms with Crippen LogP contribution in [0, 0.1) is 12.7 Å². The van der Waals surface area contributed by atoms with Gasteiger partial charge in [0.1, 0.15) is 47.5 Å². The molecule has 190 valence electrons. The third kappa shape index (κ3) is 5.68. The number of aliphatic hydroxyl groups is 1. The van der Waals surface area contributed by atoms with Crippen LogP contribution in [0.3, 0.4) is 0 Å². The van der Waals surface area contributed by atoms with Crippen LogP contribution >= 0.6 is 11.3 Å². The monoisotopic (exact) mass is 520 g/mol. The maximum absolute atomic E-state index is 14.2. The predicted molar refractivity (Wildman–Crippen MR) is 139 cm³/mol. The van der Waals surface area contributed by atoms with Gasteiger partial charge in [-0.25, -0.2) is 24.0 Å². The van der Waals surface area contributed by atoms with Crippen molar-refractivity contribution < 1.29 is 19.0 Å². The van der Waals surface area contributed by atoms with E-state index in [1.807, 2.05) is 19.1 Å². The fraction of sp³-hybridized carbons (Fsp3) is 0.231. The van der Waals surface area contributed by atoms with E-state index in [1.165, 1.54) is 29.8 Å². The van der Waals surface area contributed by atoms with Crippen molar-refractivity contribution in [1.82, 2.24) is 24.7 Å². The number of thiazole rings is 1. The Labute approximate surface area is 216 Å². The largest absolute Gasteiger partial charge is 0.488 e. The molecule has 0 amide bonds. The fourth-order valence-corrected chi connectivity index (χ4v) is 4.54.